The lowest BCUT2D eigenvalue weighted by Crippen LogP contribution is -2.29. The van der Waals surface area contributed by atoms with Gasteiger partial charge in [0.25, 0.3) is 0 Å². The smallest absolute Gasteiger partial charge is 0.134 e. The molecule has 3 heteroatoms. The lowest BCUT2D eigenvalue weighted by atomic mass is 9.93. The molecular weight excluding hydrogens is 158 g/mol. The van der Waals surface area contributed by atoms with E-state index in [9.17, 15) is 4.79 Å². The highest BCUT2D eigenvalue weighted by molar-refractivity contribution is 8.05. The van der Waals surface area contributed by atoms with Crippen LogP contribution in [0.5, 0.6) is 0 Å². The summed E-state index contributed by atoms with van der Waals surface area (Å²) in [5, 5.41) is 10.4. The van der Waals surface area contributed by atoms with Crippen molar-refractivity contribution in [3.05, 3.63) is 0 Å². The zero-order chi connectivity index (χ0) is 9.07. The molecule has 0 aliphatic rings. The number of ketones is 1. The number of thiocyanates is 1. The molecule has 1 unspecified atom stereocenters. The quantitative estimate of drug-likeness (QED) is 0.611. The minimum Gasteiger partial charge on any atom is -0.300 e. The van der Waals surface area contributed by atoms with Gasteiger partial charge in [0, 0.05) is 10.7 Å². The molecule has 0 fully saturated rings. The van der Waals surface area contributed by atoms with Gasteiger partial charge < -0.3 is 0 Å². The standard InChI is InChI=1S/C8H13NOS/c1-6(7(2)10)8(3,4)11-5-9/h6H,1-4H3. The van der Waals surface area contributed by atoms with Gasteiger partial charge in [0.2, 0.25) is 0 Å². The van der Waals surface area contributed by atoms with E-state index in [-0.39, 0.29) is 16.4 Å². The number of nitrogens with zero attached hydrogens (tertiary/aromatic N) is 1. The zero-order valence-electron chi connectivity index (χ0n) is 7.34. The first-order valence-corrected chi connectivity index (χ1v) is 4.31. The van der Waals surface area contributed by atoms with E-state index < -0.39 is 0 Å². The number of thioether (sulfide) groups is 1. The van der Waals surface area contributed by atoms with Gasteiger partial charge in [0.1, 0.15) is 11.2 Å². The third kappa shape index (κ3) is 2.94. The summed E-state index contributed by atoms with van der Waals surface area (Å²) in [6, 6.07) is 0. The van der Waals surface area contributed by atoms with E-state index in [1.165, 1.54) is 0 Å². The van der Waals surface area contributed by atoms with Crippen LogP contribution in [0.2, 0.25) is 0 Å². The molecule has 0 aromatic rings. The Morgan fingerprint density at radius 1 is 1.64 bits per heavy atom. The van der Waals surface area contributed by atoms with Gasteiger partial charge in [-0.15, -0.1) is 0 Å². The maximum Gasteiger partial charge on any atom is 0.134 e. The number of hydrogen-bond donors (Lipinski definition) is 0. The van der Waals surface area contributed by atoms with Gasteiger partial charge in [-0.1, -0.05) is 6.92 Å². The highest BCUT2D eigenvalue weighted by Gasteiger charge is 2.29. The molecule has 0 radical (unpaired) electrons. The molecule has 0 rings (SSSR count). The normalized spacial score (nSPS) is 13.7. The van der Waals surface area contributed by atoms with Crippen molar-refractivity contribution in [3.8, 4) is 5.40 Å². The minimum absolute atomic E-state index is 0.0628. The van der Waals surface area contributed by atoms with Crippen molar-refractivity contribution >= 4 is 17.5 Å². The molecule has 0 saturated carbocycles. The Morgan fingerprint density at radius 3 is 2.36 bits per heavy atom. The highest BCUT2D eigenvalue weighted by atomic mass is 32.2. The molecule has 0 bridgehead atoms. The Kier molecular flexibility index (Phi) is 3.61. The molecule has 0 spiro atoms. The van der Waals surface area contributed by atoms with Gasteiger partial charge in [-0.05, 0) is 32.5 Å². The number of nitriles is 1. The molecule has 62 valence electrons. The fraction of sp³-hybridized carbons (Fsp3) is 0.750. The number of hydrogen-bond acceptors (Lipinski definition) is 3. The fourth-order valence-corrected chi connectivity index (χ4v) is 1.27. The summed E-state index contributed by atoms with van der Waals surface area (Å²) in [6.07, 6.45) is 0. The summed E-state index contributed by atoms with van der Waals surface area (Å²) in [5.74, 6) is 0.0740. The third-order valence-corrected chi connectivity index (χ3v) is 2.93. The molecule has 0 amide bonds. The summed E-state index contributed by atoms with van der Waals surface area (Å²) in [5.41, 5.74) is 0. The Labute approximate surface area is 72.0 Å². The van der Waals surface area contributed by atoms with Gasteiger partial charge in [0.05, 0.1) is 0 Å². The van der Waals surface area contributed by atoms with Gasteiger partial charge in [0.15, 0.2) is 0 Å². The van der Waals surface area contributed by atoms with E-state index in [0.29, 0.717) is 0 Å². The average Bonchev–Trinajstić information content (AvgIpc) is 1.86. The Bertz CT molecular complexity index is 193. The second-order valence-corrected chi connectivity index (χ2v) is 4.57. The Hall–Kier alpha value is -0.490. The Morgan fingerprint density at radius 2 is 2.09 bits per heavy atom. The second kappa shape index (κ2) is 3.77. The third-order valence-electron chi connectivity index (χ3n) is 1.96. The predicted octanol–water partition coefficient (Wildman–Crippen LogP) is 2.20. The summed E-state index contributed by atoms with van der Waals surface area (Å²) >= 11 is 1.15. The summed E-state index contributed by atoms with van der Waals surface area (Å²) < 4.78 is -0.263. The van der Waals surface area contributed by atoms with E-state index in [4.69, 9.17) is 5.26 Å². The predicted molar refractivity (Wildman–Crippen MR) is 47.1 cm³/mol. The molecule has 11 heavy (non-hydrogen) atoms. The van der Waals surface area contributed by atoms with E-state index in [1.54, 1.807) is 6.92 Å². The number of carbonyl (C=O) groups excluding carboxylic acids is 1. The number of carbonyl (C=O) groups is 1. The van der Waals surface area contributed by atoms with E-state index in [2.05, 4.69) is 0 Å². The first-order valence-electron chi connectivity index (χ1n) is 3.49. The SMILES string of the molecule is CC(=O)C(C)C(C)(C)SC#N. The second-order valence-electron chi connectivity index (χ2n) is 3.13. The van der Waals surface area contributed by atoms with Crippen molar-refractivity contribution in [1.29, 1.82) is 5.26 Å². The van der Waals surface area contributed by atoms with Crippen LogP contribution in [-0.4, -0.2) is 10.5 Å². The lowest BCUT2D eigenvalue weighted by molar-refractivity contribution is -0.120. The highest BCUT2D eigenvalue weighted by Crippen LogP contribution is 2.31. The number of rotatable bonds is 3. The molecule has 0 N–H and O–H groups in total. The summed E-state index contributed by atoms with van der Waals surface area (Å²) in [6.45, 7) is 7.23. The maximum atomic E-state index is 10.9. The van der Waals surface area contributed by atoms with Crippen molar-refractivity contribution in [3.63, 3.8) is 0 Å². The maximum absolute atomic E-state index is 10.9. The van der Waals surface area contributed by atoms with E-state index >= 15 is 0 Å². The first kappa shape index (κ1) is 10.5. The van der Waals surface area contributed by atoms with Crippen LogP contribution >= 0.6 is 11.8 Å². The van der Waals surface area contributed by atoms with Crippen LogP contribution in [0.3, 0.4) is 0 Å². The van der Waals surface area contributed by atoms with Crippen molar-refractivity contribution in [2.45, 2.75) is 32.4 Å². The van der Waals surface area contributed by atoms with E-state index in [1.807, 2.05) is 26.2 Å². The van der Waals surface area contributed by atoms with Gasteiger partial charge in [-0.2, -0.15) is 5.26 Å². The van der Waals surface area contributed by atoms with Crippen molar-refractivity contribution in [2.75, 3.05) is 0 Å². The first-order chi connectivity index (χ1) is 4.91. The number of Topliss-reactive ketones (excluding diaryl/α,β-unsaturated/α-hetero) is 1. The van der Waals surface area contributed by atoms with Crippen LogP contribution in [0.4, 0.5) is 0 Å². The van der Waals surface area contributed by atoms with Crippen LogP contribution in [0.15, 0.2) is 0 Å². The molecule has 1 atom stereocenters. The summed E-state index contributed by atoms with van der Waals surface area (Å²) in [7, 11) is 0. The molecule has 2 nitrogen and oxygen atoms in total. The molecule has 0 aliphatic carbocycles. The van der Waals surface area contributed by atoms with Crippen LogP contribution < -0.4 is 0 Å². The lowest BCUT2D eigenvalue weighted by Gasteiger charge is -2.25. The molecular formula is C8H13NOS. The topological polar surface area (TPSA) is 40.9 Å². The fourth-order valence-electron chi connectivity index (χ4n) is 0.696. The van der Waals surface area contributed by atoms with E-state index in [0.717, 1.165) is 11.8 Å². The van der Waals surface area contributed by atoms with Gasteiger partial charge in [-0.25, -0.2) is 0 Å². The van der Waals surface area contributed by atoms with Crippen molar-refractivity contribution in [1.82, 2.24) is 0 Å². The monoisotopic (exact) mass is 171 g/mol. The van der Waals surface area contributed by atoms with Crippen LogP contribution in [0.25, 0.3) is 0 Å². The molecule has 0 heterocycles. The van der Waals surface area contributed by atoms with Crippen molar-refractivity contribution in [2.24, 2.45) is 5.92 Å². The average molecular weight is 171 g/mol. The van der Waals surface area contributed by atoms with Crippen molar-refractivity contribution < 1.29 is 4.79 Å². The summed E-state index contributed by atoms with van der Waals surface area (Å²) in [4.78, 5) is 10.9. The largest absolute Gasteiger partial charge is 0.300 e. The molecule has 0 aromatic carbocycles. The van der Waals surface area contributed by atoms with Crippen LogP contribution in [0, 0.1) is 16.6 Å². The molecule has 0 saturated heterocycles. The van der Waals surface area contributed by atoms with Gasteiger partial charge >= 0.3 is 0 Å². The van der Waals surface area contributed by atoms with Crippen LogP contribution in [-0.2, 0) is 4.79 Å². The minimum atomic E-state index is -0.263. The molecule has 0 aliphatic heterocycles. The van der Waals surface area contributed by atoms with Crippen LogP contribution in [0.1, 0.15) is 27.7 Å². The zero-order valence-corrected chi connectivity index (χ0v) is 8.16. The van der Waals surface area contributed by atoms with Gasteiger partial charge in [-0.3, -0.25) is 4.79 Å². The molecule has 0 aromatic heterocycles. The Balaban J connectivity index is 4.31.